The summed E-state index contributed by atoms with van der Waals surface area (Å²) < 4.78 is 2.11. The molecule has 0 unspecified atom stereocenters. The highest BCUT2D eigenvalue weighted by molar-refractivity contribution is 7.15. The van der Waals surface area contributed by atoms with Crippen LogP contribution in [0.1, 0.15) is 25.2 Å². The molecule has 0 bridgehead atoms. The summed E-state index contributed by atoms with van der Waals surface area (Å²) in [5, 5.41) is 2.05. The summed E-state index contributed by atoms with van der Waals surface area (Å²) in [6.07, 6.45) is 2.05. The van der Waals surface area contributed by atoms with E-state index in [-0.39, 0.29) is 0 Å². The molecule has 0 N–H and O–H groups in total. The second-order valence-electron chi connectivity index (χ2n) is 2.34. The molecule has 0 saturated heterocycles. The maximum atomic E-state index is 4.35. The second-order valence-corrected chi connectivity index (χ2v) is 3.21. The third-order valence-electron chi connectivity index (χ3n) is 1.74. The lowest BCUT2D eigenvalue weighted by Crippen LogP contribution is -1.80. The molecule has 0 fully saturated rings. The molecule has 12 heavy (non-hydrogen) atoms. The number of rotatable bonds is 0. The zero-order chi connectivity index (χ0) is 9.14. The van der Waals surface area contributed by atoms with Crippen LogP contribution < -0.4 is 0 Å². The monoisotopic (exact) mass is 182 g/mol. The molecule has 0 saturated carbocycles. The number of aromatic nitrogens is 2. The Labute approximate surface area is 76.9 Å². The Balaban J connectivity index is 0.000000336. The predicted octanol–water partition coefficient (Wildman–Crippen LogP) is 3.04. The summed E-state index contributed by atoms with van der Waals surface area (Å²) in [5.74, 6) is 0. The number of nitrogens with zero attached hydrogens (tertiary/aromatic N) is 2. The van der Waals surface area contributed by atoms with E-state index in [0.717, 1.165) is 10.7 Å². The Hall–Kier alpha value is -0.830. The first kappa shape index (κ1) is 9.26. The van der Waals surface area contributed by atoms with E-state index in [0.29, 0.717) is 0 Å². The molecule has 3 heteroatoms. The van der Waals surface area contributed by atoms with Gasteiger partial charge in [-0.3, -0.25) is 4.40 Å². The molecular formula is C9H14N2S. The predicted molar refractivity (Wildman–Crippen MR) is 53.9 cm³/mol. The molecule has 2 heterocycles. The van der Waals surface area contributed by atoms with Gasteiger partial charge in [0.15, 0.2) is 4.96 Å². The number of fused-ring (bicyclic) bond motifs is 1. The summed E-state index contributed by atoms with van der Waals surface area (Å²) in [4.78, 5) is 5.45. The van der Waals surface area contributed by atoms with Crippen LogP contribution in [0.5, 0.6) is 0 Å². The maximum absolute atomic E-state index is 4.35. The lowest BCUT2D eigenvalue weighted by Gasteiger charge is -1.86. The summed E-state index contributed by atoms with van der Waals surface area (Å²) in [7, 11) is 0. The minimum atomic E-state index is 1.09. The first-order valence-electron chi connectivity index (χ1n) is 4.18. The number of aryl methyl sites for hydroxylation is 2. The van der Waals surface area contributed by atoms with Crippen molar-refractivity contribution in [3.8, 4) is 0 Å². The third-order valence-corrected chi connectivity index (χ3v) is 2.49. The molecule has 0 aliphatic heterocycles. The van der Waals surface area contributed by atoms with Crippen molar-refractivity contribution in [1.29, 1.82) is 0 Å². The summed E-state index contributed by atoms with van der Waals surface area (Å²) >= 11 is 1.67. The Kier molecular flexibility index (Phi) is 2.87. The van der Waals surface area contributed by atoms with Crippen molar-refractivity contribution in [2.24, 2.45) is 0 Å². The van der Waals surface area contributed by atoms with Crippen LogP contribution in [0.3, 0.4) is 0 Å². The Morgan fingerprint density at radius 3 is 2.58 bits per heavy atom. The van der Waals surface area contributed by atoms with E-state index >= 15 is 0 Å². The molecule has 0 radical (unpaired) electrons. The molecule has 66 valence electrons. The molecular weight excluding hydrogens is 168 g/mol. The van der Waals surface area contributed by atoms with Gasteiger partial charge in [0.25, 0.3) is 0 Å². The van der Waals surface area contributed by atoms with E-state index < -0.39 is 0 Å². The molecule has 2 aromatic rings. The van der Waals surface area contributed by atoms with Crippen LogP contribution in [0.4, 0.5) is 0 Å². The van der Waals surface area contributed by atoms with Crippen LogP contribution in [0.25, 0.3) is 4.96 Å². The van der Waals surface area contributed by atoms with Crippen molar-refractivity contribution in [2.75, 3.05) is 0 Å². The van der Waals surface area contributed by atoms with E-state index in [1.54, 1.807) is 11.3 Å². The Bertz CT molecular complexity index is 359. The van der Waals surface area contributed by atoms with Crippen molar-refractivity contribution < 1.29 is 0 Å². The number of hydrogen-bond acceptors (Lipinski definition) is 2. The van der Waals surface area contributed by atoms with Gasteiger partial charge in [-0.25, -0.2) is 4.98 Å². The highest BCUT2D eigenvalue weighted by Crippen LogP contribution is 2.14. The van der Waals surface area contributed by atoms with Gasteiger partial charge < -0.3 is 0 Å². The molecule has 0 atom stereocenters. The zero-order valence-electron chi connectivity index (χ0n) is 7.96. The quantitative estimate of drug-likeness (QED) is 0.612. The smallest absolute Gasteiger partial charge is 0.194 e. The van der Waals surface area contributed by atoms with Crippen LogP contribution >= 0.6 is 11.3 Å². The minimum absolute atomic E-state index is 1.09. The maximum Gasteiger partial charge on any atom is 0.194 e. The topological polar surface area (TPSA) is 17.3 Å². The lowest BCUT2D eigenvalue weighted by molar-refractivity contribution is 1.11. The van der Waals surface area contributed by atoms with Gasteiger partial charge in [0, 0.05) is 17.3 Å². The first-order valence-corrected chi connectivity index (χ1v) is 5.06. The van der Waals surface area contributed by atoms with Crippen LogP contribution in [0, 0.1) is 13.8 Å². The van der Waals surface area contributed by atoms with E-state index in [4.69, 9.17) is 0 Å². The summed E-state index contributed by atoms with van der Waals surface area (Å²) in [6, 6.07) is 0. The van der Waals surface area contributed by atoms with Crippen molar-refractivity contribution in [3.63, 3.8) is 0 Å². The normalized spacial score (nSPS) is 9.67. The summed E-state index contributed by atoms with van der Waals surface area (Å²) in [6.45, 7) is 8.12. The third kappa shape index (κ3) is 1.37. The van der Waals surface area contributed by atoms with Crippen LogP contribution in [0.2, 0.25) is 0 Å². The van der Waals surface area contributed by atoms with Gasteiger partial charge in [-0.15, -0.1) is 11.3 Å². The molecule has 2 aromatic heterocycles. The van der Waals surface area contributed by atoms with Crippen molar-refractivity contribution in [1.82, 2.24) is 9.38 Å². The average Bonchev–Trinajstić information content (AvgIpc) is 2.62. The van der Waals surface area contributed by atoms with E-state index in [2.05, 4.69) is 27.9 Å². The van der Waals surface area contributed by atoms with Crippen LogP contribution in [-0.4, -0.2) is 9.38 Å². The molecule has 2 rings (SSSR count). The fourth-order valence-electron chi connectivity index (χ4n) is 1.01. The van der Waals surface area contributed by atoms with Crippen LogP contribution in [-0.2, 0) is 0 Å². The SMILES string of the molecule is CC.Cc1nc2sccn2c1C. The molecule has 0 aromatic carbocycles. The highest BCUT2D eigenvalue weighted by atomic mass is 32.1. The van der Waals surface area contributed by atoms with E-state index in [9.17, 15) is 0 Å². The number of thiazole rings is 1. The van der Waals surface area contributed by atoms with Gasteiger partial charge in [0.1, 0.15) is 0 Å². The second kappa shape index (κ2) is 3.72. The van der Waals surface area contributed by atoms with E-state index in [1.807, 2.05) is 20.8 Å². The minimum Gasteiger partial charge on any atom is -0.295 e. The fraction of sp³-hybridized carbons (Fsp3) is 0.444. The van der Waals surface area contributed by atoms with Gasteiger partial charge in [-0.2, -0.15) is 0 Å². The van der Waals surface area contributed by atoms with Gasteiger partial charge in [0.2, 0.25) is 0 Å². The molecule has 0 aliphatic rings. The standard InChI is InChI=1S/C7H8N2S.C2H6/c1-5-6(2)9-3-4-10-7(9)8-5;1-2/h3-4H,1-2H3;1-2H3. The lowest BCUT2D eigenvalue weighted by atomic mass is 10.4. The Morgan fingerprint density at radius 1 is 1.33 bits per heavy atom. The average molecular weight is 182 g/mol. The van der Waals surface area contributed by atoms with Gasteiger partial charge in [0.05, 0.1) is 5.69 Å². The van der Waals surface area contributed by atoms with E-state index in [1.165, 1.54) is 5.69 Å². The highest BCUT2D eigenvalue weighted by Gasteiger charge is 2.02. The van der Waals surface area contributed by atoms with Crippen LogP contribution in [0.15, 0.2) is 11.6 Å². The van der Waals surface area contributed by atoms with Crippen molar-refractivity contribution in [2.45, 2.75) is 27.7 Å². The van der Waals surface area contributed by atoms with Gasteiger partial charge >= 0.3 is 0 Å². The zero-order valence-corrected chi connectivity index (χ0v) is 8.77. The molecule has 0 amide bonds. The number of hydrogen-bond donors (Lipinski definition) is 0. The largest absolute Gasteiger partial charge is 0.295 e. The summed E-state index contributed by atoms with van der Waals surface area (Å²) in [5.41, 5.74) is 2.38. The number of imidazole rings is 1. The molecule has 0 aliphatic carbocycles. The molecule has 0 spiro atoms. The van der Waals surface area contributed by atoms with Gasteiger partial charge in [-0.05, 0) is 13.8 Å². The van der Waals surface area contributed by atoms with Crippen molar-refractivity contribution in [3.05, 3.63) is 23.0 Å². The first-order chi connectivity index (χ1) is 5.79. The Morgan fingerprint density at radius 2 is 2.00 bits per heavy atom. The molecule has 2 nitrogen and oxygen atoms in total. The van der Waals surface area contributed by atoms with Gasteiger partial charge in [-0.1, -0.05) is 13.8 Å². The fourth-order valence-corrected chi connectivity index (χ4v) is 1.81. The van der Waals surface area contributed by atoms with Crippen molar-refractivity contribution >= 4 is 16.3 Å².